The summed E-state index contributed by atoms with van der Waals surface area (Å²) in [4.78, 5) is 40.3. The van der Waals surface area contributed by atoms with Gasteiger partial charge in [-0.1, -0.05) is 35.9 Å². The Morgan fingerprint density at radius 2 is 1.72 bits per heavy atom. The first-order valence-electron chi connectivity index (χ1n) is 11.0. The van der Waals surface area contributed by atoms with E-state index in [1.165, 1.54) is 0 Å². The molecular weight excluding hydrogens is 406 g/mol. The van der Waals surface area contributed by atoms with Crippen molar-refractivity contribution in [1.82, 2.24) is 15.5 Å². The zero-order valence-electron chi connectivity index (χ0n) is 18.7. The van der Waals surface area contributed by atoms with Gasteiger partial charge in [-0.3, -0.25) is 14.4 Å². The van der Waals surface area contributed by atoms with Crippen LogP contribution in [-0.4, -0.2) is 62.0 Å². The number of ether oxygens (including phenoxy) is 1. The zero-order valence-corrected chi connectivity index (χ0v) is 18.7. The van der Waals surface area contributed by atoms with Crippen LogP contribution in [-0.2, 0) is 9.53 Å². The SMILES string of the molecule is COCCNC(=O)C(NC(=O)c1cccc(C)c1)C1CCN(C(=O)c2ccccc2)CC1. The maximum atomic E-state index is 12.9. The number of likely N-dealkylation sites (tertiary alicyclic amines) is 1. The topological polar surface area (TPSA) is 87.7 Å². The minimum absolute atomic E-state index is 0.00561. The summed E-state index contributed by atoms with van der Waals surface area (Å²) in [6, 6.07) is 15.8. The zero-order chi connectivity index (χ0) is 22.9. The Labute approximate surface area is 189 Å². The number of benzene rings is 2. The highest BCUT2D eigenvalue weighted by atomic mass is 16.5. The first-order valence-corrected chi connectivity index (χ1v) is 11.0. The summed E-state index contributed by atoms with van der Waals surface area (Å²) >= 11 is 0. The van der Waals surface area contributed by atoms with Gasteiger partial charge in [-0.25, -0.2) is 0 Å². The summed E-state index contributed by atoms with van der Waals surface area (Å²) in [5, 5.41) is 5.79. The fourth-order valence-corrected chi connectivity index (χ4v) is 3.99. The van der Waals surface area contributed by atoms with Crippen LogP contribution in [0.2, 0.25) is 0 Å². The molecule has 7 heteroatoms. The third-order valence-electron chi connectivity index (χ3n) is 5.77. The molecule has 0 bridgehead atoms. The van der Waals surface area contributed by atoms with Crippen molar-refractivity contribution in [2.45, 2.75) is 25.8 Å². The van der Waals surface area contributed by atoms with Crippen LogP contribution in [0, 0.1) is 12.8 Å². The third-order valence-corrected chi connectivity index (χ3v) is 5.77. The van der Waals surface area contributed by atoms with Gasteiger partial charge in [-0.2, -0.15) is 0 Å². The number of nitrogens with one attached hydrogen (secondary N) is 2. The molecule has 0 saturated carbocycles. The molecule has 1 aliphatic rings. The molecule has 1 fully saturated rings. The minimum Gasteiger partial charge on any atom is -0.383 e. The molecule has 32 heavy (non-hydrogen) atoms. The summed E-state index contributed by atoms with van der Waals surface area (Å²) in [5.41, 5.74) is 2.16. The molecule has 0 radical (unpaired) electrons. The van der Waals surface area contributed by atoms with Crippen molar-refractivity contribution in [3.63, 3.8) is 0 Å². The van der Waals surface area contributed by atoms with Crippen molar-refractivity contribution < 1.29 is 19.1 Å². The second kappa shape index (κ2) is 11.4. The van der Waals surface area contributed by atoms with E-state index >= 15 is 0 Å². The van der Waals surface area contributed by atoms with Crippen molar-refractivity contribution in [1.29, 1.82) is 0 Å². The number of methoxy groups -OCH3 is 1. The van der Waals surface area contributed by atoms with Gasteiger partial charge in [-0.05, 0) is 49.9 Å². The average molecular weight is 438 g/mol. The molecule has 1 aliphatic heterocycles. The quantitative estimate of drug-likeness (QED) is 0.621. The Bertz CT molecular complexity index is 924. The van der Waals surface area contributed by atoms with E-state index in [1.807, 2.05) is 54.3 Å². The first-order chi connectivity index (χ1) is 15.5. The smallest absolute Gasteiger partial charge is 0.253 e. The molecule has 2 aromatic rings. The van der Waals surface area contributed by atoms with E-state index in [9.17, 15) is 14.4 Å². The first kappa shape index (κ1) is 23.5. The fourth-order valence-electron chi connectivity index (χ4n) is 3.99. The van der Waals surface area contributed by atoms with Gasteiger partial charge in [0, 0.05) is 37.9 Å². The number of piperidine rings is 1. The Morgan fingerprint density at radius 3 is 2.38 bits per heavy atom. The average Bonchev–Trinajstić information content (AvgIpc) is 2.82. The van der Waals surface area contributed by atoms with Crippen LogP contribution >= 0.6 is 0 Å². The van der Waals surface area contributed by atoms with E-state index in [4.69, 9.17) is 4.74 Å². The Kier molecular flexibility index (Phi) is 8.39. The summed E-state index contributed by atoms with van der Waals surface area (Å²) in [6.07, 6.45) is 1.27. The van der Waals surface area contributed by atoms with E-state index in [2.05, 4.69) is 10.6 Å². The monoisotopic (exact) mass is 437 g/mol. The largest absolute Gasteiger partial charge is 0.383 e. The van der Waals surface area contributed by atoms with Crippen molar-refractivity contribution in [2.75, 3.05) is 33.4 Å². The van der Waals surface area contributed by atoms with Crippen molar-refractivity contribution in [3.05, 3.63) is 71.3 Å². The third kappa shape index (κ3) is 6.17. The molecule has 0 aliphatic carbocycles. The lowest BCUT2D eigenvalue weighted by atomic mass is 9.88. The molecule has 1 saturated heterocycles. The van der Waals surface area contributed by atoms with Gasteiger partial charge in [0.05, 0.1) is 6.61 Å². The summed E-state index contributed by atoms with van der Waals surface area (Å²) in [5.74, 6) is -0.570. The van der Waals surface area contributed by atoms with Crippen LogP contribution in [0.5, 0.6) is 0 Å². The highest BCUT2D eigenvalue weighted by Crippen LogP contribution is 2.23. The molecule has 1 atom stereocenters. The number of nitrogens with zero attached hydrogens (tertiary/aromatic N) is 1. The highest BCUT2D eigenvalue weighted by Gasteiger charge is 2.34. The number of hydrogen-bond donors (Lipinski definition) is 2. The molecule has 170 valence electrons. The van der Waals surface area contributed by atoms with Crippen molar-refractivity contribution >= 4 is 17.7 Å². The molecule has 7 nitrogen and oxygen atoms in total. The molecule has 1 unspecified atom stereocenters. The van der Waals surface area contributed by atoms with Crippen LogP contribution in [0.25, 0.3) is 0 Å². The van der Waals surface area contributed by atoms with E-state index in [-0.39, 0.29) is 23.6 Å². The van der Waals surface area contributed by atoms with Crippen LogP contribution in [0.15, 0.2) is 54.6 Å². The van der Waals surface area contributed by atoms with Crippen LogP contribution < -0.4 is 10.6 Å². The van der Waals surface area contributed by atoms with E-state index < -0.39 is 6.04 Å². The number of carbonyl (C=O) groups is 3. The van der Waals surface area contributed by atoms with Gasteiger partial charge in [0.25, 0.3) is 11.8 Å². The number of aryl methyl sites for hydroxylation is 1. The lowest BCUT2D eigenvalue weighted by Gasteiger charge is -2.36. The molecule has 3 rings (SSSR count). The molecule has 3 amide bonds. The predicted molar refractivity (Wildman–Crippen MR) is 122 cm³/mol. The van der Waals surface area contributed by atoms with Crippen LogP contribution in [0.4, 0.5) is 0 Å². The highest BCUT2D eigenvalue weighted by molar-refractivity contribution is 5.98. The van der Waals surface area contributed by atoms with Gasteiger partial charge >= 0.3 is 0 Å². The second-order valence-electron chi connectivity index (χ2n) is 8.10. The summed E-state index contributed by atoms with van der Waals surface area (Å²) in [6.45, 7) is 3.78. The summed E-state index contributed by atoms with van der Waals surface area (Å²) < 4.78 is 5.02. The normalized spacial score (nSPS) is 15.1. The maximum absolute atomic E-state index is 12.9. The lowest BCUT2D eigenvalue weighted by molar-refractivity contribution is -0.124. The van der Waals surface area contributed by atoms with E-state index in [0.717, 1.165) is 5.56 Å². The van der Waals surface area contributed by atoms with E-state index in [1.54, 1.807) is 19.2 Å². The molecule has 0 aromatic heterocycles. The van der Waals surface area contributed by atoms with Crippen LogP contribution in [0.3, 0.4) is 0 Å². The van der Waals surface area contributed by atoms with Gasteiger partial charge in [0.15, 0.2) is 0 Å². The van der Waals surface area contributed by atoms with Crippen LogP contribution in [0.1, 0.15) is 39.1 Å². The number of hydrogen-bond acceptors (Lipinski definition) is 4. The standard InChI is InChI=1S/C25H31N3O4/c1-18-7-6-10-21(17-18)23(29)27-22(24(30)26-13-16-32-2)19-11-14-28(15-12-19)25(31)20-8-4-3-5-9-20/h3-10,17,19,22H,11-16H2,1-2H3,(H,26,30)(H,27,29). The van der Waals surface area contributed by atoms with E-state index in [0.29, 0.717) is 50.2 Å². The van der Waals surface area contributed by atoms with Gasteiger partial charge < -0.3 is 20.3 Å². The van der Waals surface area contributed by atoms with Gasteiger partial charge in [0.2, 0.25) is 5.91 Å². The number of rotatable bonds is 8. The number of amides is 3. The Morgan fingerprint density at radius 1 is 1.03 bits per heavy atom. The number of carbonyl (C=O) groups excluding carboxylic acids is 3. The lowest BCUT2D eigenvalue weighted by Crippen LogP contribution is -2.54. The Balaban J connectivity index is 1.67. The molecule has 2 N–H and O–H groups in total. The minimum atomic E-state index is -0.672. The Hall–Kier alpha value is -3.19. The second-order valence-corrected chi connectivity index (χ2v) is 8.10. The van der Waals surface area contributed by atoms with Gasteiger partial charge in [-0.15, -0.1) is 0 Å². The maximum Gasteiger partial charge on any atom is 0.253 e. The molecule has 0 spiro atoms. The molecular formula is C25H31N3O4. The predicted octanol–water partition coefficient (Wildman–Crippen LogP) is 2.41. The molecule has 1 heterocycles. The molecule has 2 aromatic carbocycles. The van der Waals surface area contributed by atoms with Crippen molar-refractivity contribution in [3.8, 4) is 0 Å². The fraction of sp³-hybridized carbons (Fsp3) is 0.400. The van der Waals surface area contributed by atoms with Gasteiger partial charge in [0.1, 0.15) is 6.04 Å². The summed E-state index contributed by atoms with van der Waals surface area (Å²) in [7, 11) is 1.57. The van der Waals surface area contributed by atoms with Crippen molar-refractivity contribution in [2.24, 2.45) is 5.92 Å².